The van der Waals surface area contributed by atoms with E-state index < -0.39 is 17.8 Å². The van der Waals surface area contributed by atoms with Crippen LogP contribution < -0.4 is 5.73 Å². The Hall–Kier alpha value is -2.54. The van der Waals surface area contributed by atoms with Crippen LogP contribution in [-0.2, 0) is 0 Å². The molecule has 108 valence electrons. The van der Waals surface area contributed by atoms with Gasteiger partial charge < -0.3 is 15.9 Å². The third kappa shape index (κ3) is 3.32. The van der Waals surface area contributed by atoms with E-state index in [9.17, 15) is 14.0 Å². The van der Waals surface area contributed by atoms with Gasteiger partial charge in [-0.3, -0.25) is 0 Å². The molecule has 0 bridgehead atoms. The van der Waals surface area contributed by atoms with Crippen LogP contribution in [0.15, 0.2) is 46.2 Å². The smallest absolute Gasteiger partial charge is 0.336 e. The number of nitrogen functional groups attached to an aromatic ring is 1. The molecule has 5 nitrogen and oxygen atoms in total. The molecule has 0 aliphatic carbocycles. The quantitative estimate of drug-likeness (QED) is 0.751. The number of halogens is 1. The van der Waals surface area contributed by atoms with Crippen molar-refractivity contribution in [2.45, 2.75) is 9.79 Å². The van der Waals surface area contributed by atoms with Gasteiger partial charge in [0.05, 0.1) is 11.1 Å². The number of hydrogen-bond acceptors (Lipinski definition) is 4. The number of nitrogens with two attached hydrogens (primary N) is 1. The van der Waals surface area contributed by atoms with Gasteiger partial charge in [-0.1, -0.05) is 11.8 Å². The van der Waals surface area contributed by atoms with Crippen molar-refractivity contribution in [1.29, 1.82) is 0 Å². The molecule has 21 heavy (non-hydrogen) atoms. The zero-order valence-corrected chi connectivity index (χ0v) is 11.4. The van der Waals surface area contributed by atoms with Crippen molar-refractivity contribution < 1.29 is 24.2 Å². The van der Waals surface area contributed by atoms with Crippen molar-refractivity contribution in [2.75, 3.05) is 5.73 Å². The molecule has 0 atom stereocenters. The fraction of sp³-hybridized carbons (Fsp3) is 0. The van der Waals surface area contributed by atoms with Crippen LogP contribution in [0.2, 0.25) is 0 Å². The lowest BCUT2D eigenvalue weighted by Crippen LogP contribution is -2.01. The van der Waals surface area contributed by atoms with E-state index in [1.807, 2.05) is 0 Å². The average Bonchev–Trinajstić information content (AvgIpc) is 2.42. The number of benzene rings is 2. The highest BCUT2D eigenvalue weighted by Gasteiger charge is 2.14. The van der Waals surface area contributed by atoms with Crippen molar-refractivity contribution >= 4 is 29.4 Å². The summed E-state index contributed by atoms with van der Waals surface area (Å²) in [5.74, 6) is -3.00. The highest BCUT2D eigenvalue weighted by molar-refractivity contribution is 7.99. The Bertz CT molecular complexity index is 733. The number of rotatable bonds is 4. The van der Waals surface area contributed by atoms with Gasteiger partial charge in [-0.25, -0.2) is 14.0 Å². The molecule has 2 aromatic carbocycles. The molecule has 4 N–H and O–H groups in total. The highest BCUT2D eigenvalue weighted by atomic mass is 32.2. The highest BCUT2D eigenvalue weighted by Crippen LogP contribution is 2.35. The Kier molecular flexibility index (Phi) is 4.13. The summed E-state index contributed by atoms with van der Waals surface area (Å²) in [7, 11) is 0. The molecule has 0 amide bonds. The van der Waals surface area contributed by atoms with Crippen molar-refractivity contribution in [3.8, 4) is 0 Å². The summed E-state index contributed by atoms with van der Waals surface area (Å²) in [5, 5.41) is 17.9. The molecule has 0 radical (unpaired) electrons. The predicted molar refractivity (Wildman–Crippen MR) is 75.3 cm³/mol. The van der Waals surface area contributed by atoms with E-state index in [1.165, 1.54) is 24.3 Å². The number of carbonyl (C=O) groups is 2. The number of carboxylic acid groups (broad SMARTS) is 2. The monoisotopic (exact) mass is 307 g/mol. The average molecular weight is 307 g/mol. The molecule has 0 aliphatic rings. The Morgan fingerprint density at radius 2 is 1.67 bits per heavy atom. The number of hydrogen-bond donors (Lipinski definition) is 3. The van der Waals surface area contributed by atoms with E-state index in [2.05, 4.69) is 0 Å². The number of aromatic carboxylic acids is 2. The predicted octanol–water partition coefficient (Wildman–Crippen LogP) is 2.96. The lowest BCUT2D eigenvalue weighted by Gasteiger charge is -2.09. The normalized spacial score (nSPS) is 10.3. The standard InChI is InChI=1S/C14H10FNO4S/c15-8-2-4-11(9(6-8)14(19)20)21-12-3-1-7(13(17)18)5-10(12)16/h1-6H,16H2,(H,17,18)(H,19,20). The molecule has 0 saturated heterocycles. The number of anilines is 1. The second kappa shape index (κ2) is 5.84. The SMILES string of the molecule is Nc1cc(C(=O)O)ccc1Sc1ccc(F)cc1C(=O)O. The molecular formula is C14H10FNO4S. The van der Waals surface area contributed by atoms with E-state index >= 15 is 0 Å². The second-order valence-electron chi connectivity index (χ2n) is 4.11. The van der Waals surface area contributed by atoms with Gasteiger partial charge in [0.15, 0.2) is 0 Å². The maximum absolute atomic E-state index is 13.1. The van der Waals surface area contributed by atoms with Gasteiger partial charge in [-0.2, -0.15) is 0 Å². The van der Waals surface area contributed by atoms with Gasteiger partial charge in [-0.05, 0) is 36.4 Å². The van der Waals surface area contributed by atoms with Gasteiger partial charge in [0, 0.05) is 15.5 Å². The van der Waals surface area contributed by atoms with Crippen LogP contribution in [0.1, 0.15) is 20.7 Å². The molecule has 0 aliphatic heterocycles. The summed E-state index contributed by atoms with van der Waals surface area (Å²) in [6.07, 6.45) is 0. The summed E-state index contributed by atoms with van der Waals surface area (Å²) in [5.41, 5.74) is 5.82. The van der Waals surface area contributed by atoms with Crippen molar-refractivity contribution in [3.63, 3.8) is 0 Å². The number of carboxylic acids is 2. The van der Waals surface area contributed by atoms with Gasteiger partial charge in [0.25, 0.3) is 0 Å². The first-order valence-electron chi connectivity index (χ1n) is 5.72. The summed E-state index contributed by atoms with van der Waals surface area (Å²) in [4.78, 5) is 22.7. The van der Waals surface area contributed by atoms with E-state index in [0.717, 1.165) is 23.9 Å². The molecule has 0 aromatic heterocycles. The van der Waals surface area contributed by atoms with Gasteiger partial charge in [-0.15, -0.1) is 0 Å². The lowest BCUT2D eigenvalue weighted by molar-refractivity contribution is 0.0684. The van der Waals surface area contributed by atoms with Crippen LogP contribution in [0, 0.1) is 5.82 Å². The molecule has 0 spiro atoms. The summed E-state index contributed by atoms with van der Waals surface area (Å²) < 4.78 is 13.1. The molecule has 0 saturated carbocycles. The molecule has 2 rings (SSSR count). The van der Waals surface area contributed by atoms with Crippen LogP contribution in [0.4, 0.5) is 10.1 Å². The first-order chi connectivity index (χ1) is 9.88. The van der Waals surface area contributed by atoms with E-state index in [1.54, 1.807) is 0 Å². The van der Waals surface area contributed by atoms with Crippen molar-refractivity contribution in [2.24, 2.45) is 0 Å². The van der Waals surface area contributed by atoms with E-state index in [-0.39, 0.29) is 16.8 Å². The zero-order chi connectivity index (χ0) is 15.6. The molecule has 0 fully saturated rings. The minimum absolute atomic E-state index is 0.0365. The van der Waals surface area contributed by atoms with Crippen molar-refractivity contribution in [3.05, 3.63) is 53.3 Å². The van der Waals surface area contributed by atoms with E-state index in [4.69, 9.17) is 15.9 Å². The van der Waals surface area contributed by atoms with Crippen molar-refractivity contribution in [1.82, 2.24) is 0 Å². The maximum atomic E-state index is 13.1. The Morgan fingerprint density at radius 3 is 2.24 bits per heavy atom. The first kappa shape index (κ1) is 14.9. The van der Waals surface area contributed by atoms with Crippen LogP contribution in [0.3, 0.4) is 0 Å². The summed E-state index contributed by atoms with van der Waals surface area (Å²) >= 11 is 1.03. The zero-order valence-electron chi connectivity index (χ0n) is 10.5. The first-order valence-corrected chi connectivity index (χ1v) is 6.53. The third-order valence-electron chi connectivity index (χ3n) is 2.65. The minimum atomic E-state index is -1.25. The Labute approximate surface area is 123 Å². The van der Waals surface area contributed by atoms with E-state index in [0.29, 0.717) is 9.79 Å². The Morgan fingerprint density at radius 1 is 1.00 bits per heavy atom. The summed E-state index contributed by atoms with van der Waals surface area (Å²) in [6, 6.07) is 7.55. The molecular weight excluding hydrogens is 297 g/mol. The fourth-order valence-corrected chi connectivity index (χ4v) is 2.59. The summed E-state index contributed by atoms with van der Waals surface area (Å²) in [6.45, 7) is 0. The van der Waals surface area contributed by atoms with Crippen LogP contribution in [-0.4, -0.2) is 22.2 Å². The minimum Gasteiger partial charge on any atom is -0.478 e. The van der Waals surface area contributed by atoms with Gasteiger partial charge >= 0.3 is 11.9 Å². The maximum Gasteiger partial charge on any atom is 0.336 e. The van der Waals surface area contributed by atoms with Gasteiger partial charge in [0.1, 0.15) is 5.82 Å². The van der Waals surface area contributed by atoms with Crippen LogP contribution in [0.5, 0.6) is 0 Å². The third-order valence-corrected chi connectivity index (χ3v) is 3.82. The molecule has 0 unspecified atom stereocenters. The molecule has 7 heteroatoms. The molecule has 2 aromatic rings. The fourth-order valence-electron chi connectivity index (χ4n) is 1.65. The molecule has 0 heterocycles. The van der Waals surface area contributed by atoms with Crippen LogP contribution in [0.25, 0.3) is 0 Å². The largest absolute Gasteiger partial charge is 0.478 e. The van der Waals surface area contributed by atoms with Gasteiger partial charge in [0.2, 0.25) is 0 Å². The van der Waals surface area contributed by atoms with Crippen LogP contribution >= 0.6 is 11.8 Å². The Balaban J connectivity index is 2.39. The topological polar surface area (TPSA) is 101 Å². The second-order valence-corrected chi connectivity index (χ2v) is 5.19. The lowest BCUT2D eigenvalue weighted by atomic mass is 10.2.